The van der Waals surface area contributed by atoms with Crippen LogP contribution in [0.4, 0.5) is 0 Å². The van der Waals surface area contributed by atoms with Gasteiger partial charge < -0.3 is 15.0 Å². The number of likely N-dealkylation sites (N-methyl/N-ethyl adjacent to an activating group) is 1. The number of carbonyl (C=O) groups excluding carboxylic acids is 2. The molecule has 2 heterocycles. The lowest BCUT2D eigenvalue weighted by Gasteiger charge is -2.36. The third kappa shape index (κ3) is 4.68. The van der Waals surface area contributed by atoms with Crippen molar-refractivity contribution in [3.8, 4) is 0 Å². The Kier molecular flexibility index (Phi) is 6.85. The average molecular weight is 373 g/mol. The van der Waals surface area contributed by atoms with Crippen molar-refractivity contribution in [2.75, 3.05) is 32.8 Å². The Morgan fingerprint density at radius 3 is 2.44 bits per heavy atom. The number of nitrogens with zero attached hydrogens (tertiary/aromatic N) is 2. The van der Waals surface area contributed by atoms with Crippen molar-refractivity contribution in [2.24, 2.45) is 0 Å². The van der Waals surface area contributed by atoms with E-state index in [4.69, 9.17) is 4.74 Å². The van der Waals surface area contributed by atoms with Crippen molar-refractivity contribution in [2.45, 2.75) is 51.2 Å². The van der Waals surface area contributed by atoms with Crippen LogP contribution in [0.5, 0.6) is 0 Å². The van der Waals surface area contributed by atoms with Crippen molar-refractivity contribution in [3.05, 3.63) is 35.9 Å². The van der Waals surface area contributed by atoms with Crippen LogP contribution in [0.3, 0.4) is 0 Å². The number of rotatable bonds is 6. The highest BCUT2D eigenvalue weighted by molar-refractivity contribution is 5.94. The number of amides is 2. The number of carbonyl (C=O) groups is 2. The standard InChI is InChI=1S/C21H31N3O3/c1-3-23(4-2)21(26)19-14-17(15-24(19)18-10-12-27-13-11-18)22-20(25)16-8-6-5-7-9-16/h5-9,17-19H,3-4,10-15H2,1-2H3,(H,22,25)/t17-,19-/m0/s1. The minimum atomic E-state index is -0.158. The van der Waals surface area contributed by atoms with Gasteiger partial charge in [-0.25, -0.2) is 0 Å². The minimum Gasteiger partial charge on any atom is -0.381 e. The molecule has 2 saturated heterocycles. The fourth-order valence-corrected chi connectivity index (χ4v) is 4.23. The molecule has 0 unspecified atom stereocenters. The van der Waals surface area contributed by atoms with E-state index in [0.29, 0.717) is 31.1 Å². The van der Waals surface area contributed by atoms with E-state index in [1.807, 2.05) is 49.1 Å². The van der Waals surface area contributed by atoms with Crippen LogP contribution in [0.15, 0.2) is 30.3 Å². The number of benzene rings is 1. The molecule has 0 saturated carbocycles. The second-order valence-corrected chi connectivity index (χ2v) is 7.34. The Bertz CT molecular complexity index is 627. The van der Waals surface area contributed by atoms with Crippen LogP contribution in [-0.4, -0.2) is 72.6 Å². The van der Waals surface area contributed by atoms with Gasteiger partial charge >= 0.3 is 0 Å². The molecule has 148 valence electrons. The van der Waals surface area contributed by atoms with Crippen molar-refractivity contribution in [1.29, 1.82) is 0 Å². The second kappa shape index (κ2) is 9.33. The van der Waals surface area contributed by atoms with Crippen molar-refractivity contribution < 1.29 is 14.3 Å². The molecule has 0 aromatic heterocycles. The molecule has 1 aromatic rings. The summed E-state index contributed by atoms with van der Waals surface area (Å²) in [4.78, 5) is 29.9. The monoisotopic (exact) mass is 373 g/mol. The van der Waals surface area contributed by atoms with Gasteiger partial charge in [0.25, 0.3) is 5.91 Å². The number of nitrogens with one attached hydrogen (secondary N) is 1. The molecule has 2 fully saturated rings. The largest absolute Gasteiger partial charge is 0.381 e. The summed E-state index contributed by atoms with van der Waals surface area (Å²) in [5.74, 6) is 0.117. The van der Waals surface area contributed by atoms with Crippen LogP contribution in [0.1, 0.15) is 43.5 Å². The van der Waals surface area contributed by atoms with E-state index in [1.54, 1.807) is 0 Å². The number of likely N-dealkylation sites (tertiary alicyclic amines) is 1. The third-order valence-corrected chi connectivity index (χ3v) is 5.73. The highest BCUT2D eigenvalue weighted by atomic mass is 16.5. The van der Waals surface area contributed by atoms with E-state index >= 15 is 0 Å². The lowest BCUT2D eigenvalue weighted by Crippen LogP contribution is -2.50. The van der Waals surface area contributed by atoms with Gasteiger partial charge in [-0.15, -0.1) is 0 Å². The zero-order chi connectivity index (χ0) is 19.2. The molecule has 1 aromatic carbocycles. The summed E-state index contributed by atoms with van der Waals surface area (Å²) in [6, 6.07) is 9.45. The first-order valence-corrected chi connectivity index (χ1v) is 10.1. The molecule has 6 heteroatoms. The predicted molar refractivity (Wildman–Crippen MR) is 105 cm³/mol. The van der Waals surface area contributed by atoms with Gasteiger partial charge in [0.15, 0.2) is 0 Å². The average Bonchev–Trinajstić information content (AvgIpc) is 3.14. The highest BCUT2D eigenvalue weighted by Crippen LogP contribution is 2.27. The molecule has 6 nitrogen and oxygen atoms in total. The van der Waals surface area contributed by atoms with E-state index in [2.05, 4.69) is 10.2 Å². The van der Waals surface area contributed by atoms with Gasteiger partial charge in [-0.2, -0.15) is 0 Å². The van der Waals surface area contributed by atoms with Gasteiger partial charge in [0.05, 0.1) is 6.04 Å². The van der Waals surface area contributed by atoms with Gasteiger partial charge in [0.1, 0.15) is 0 Å². The van der Waals surface area contributed by atoms with Gasteiger partial charge in [-0.05, 0) is 45.2 Å². The molecule has 1 N–H and O–H groups in total. The van der Waals surface area contributed by atoms with Gasteiger partial charge in [-0.3, -0.25) is 14.5 Å². The van der Waals surface area contributed by atoms with Crippen LogP contribution in [0.2, 0.25) is 0 Å². The maximum absolute atomic E-state index is 13.1. The quantitative estimate of drug-likeness (QED) is 0.827. The highest BCUT2D eigenvalue weighted by Gasteiger charge is 2.42. The van der Waals surface area contributed by atoms with Crippen molar-refractivity contribution >= 4 is 11.8 Å². The Hall–Kier alpha value is -1.92. The van der Waals surface area contributed by atoms with Gasteiger partial charge in [-0.1, -0.05) is 18.2 Å². The van der Waals surface area contributed by atoms with Crippen molar-refractivity contribution in [3.63, 3.8) is 0 Å². The maximum atomic E-state index is 13.1. The molecule has 0 radical (unpaired) electrons. The summed E-state index contributed by atoms with van der Waals surface area (Å²) < 4.78 is 5.50. The molecule has 3 rings (SSSR count). The lowest BCUT2D eigenvalue weighted by atomic mass is 10.0. The molecule has 2 aliphatic rings. The minimum absolute atomic E-state index is 0.00920. The number of ether oxygens (including phenoxy) is 1. The molecule has 0 spiro atoms. The zero-order valence-electron chi connectivity index (χ0n) is 16.4. The molecule has 2 atom stereocenters. The first-order chi connectivity index (χ1) is 13.1. The van der Waals surface area contributed by atoms with Crippen LogP contribution in [0.25, 0.3) is 0 Å². The molecule has 0 bridgehead atoms. The third-order valence-electron chi connectivity index (χ3n) is 5.73. The smallest absolute Gasteiger partial charge is 0.251 e. The summed E-state index contributed by atoms with van der Waals surface area (Å²) in [7, 11) is 0. The first-order valence-electron chi connectivity index (χ1n) is 10.1. The van der Waals surface area contributed by atoms with Gasteiger partial charge in [0.2, 0.25) is 5.91 Å². The molecule has 27 heavy (non-hydrogen) atoms. The number of hydrogen-bond acceptors (Lipinski definition) is 4. The van der Waals surface area contributed by atoms with Gasteiger partial charge in [0, 0.05) is 50.5 Å². The summed E-state index contributed by atoms with van der Waals surface area (Å²) >= 11 is 0. The van der Waals surface area contributed by atoms with E-state index in [9.17, 15) is 9.59 Å². The fourth-order valence-electron chi connectivity index (χ4n) is 4.23. The molecular weight excluding hydrogens is 342 g/mol. The molecule has 2 aliphatic heterocycles. The molecular formula is C21H31N3O3. The summed E-state index contributed by atoms with van der Waals surface area (Å²) in [6.45, 7) is 7.68. The predicted octanol–water partition coefficient (Wildman–Crippen LogP) is 1.91. The number of hydrogen-bond donors (Lipinski definition) is 1. The fraction of sp³-hybridized carbons (Fsp3) is 0.619. The maximum Gasteiger partial charge on any atom is 0.251 e. The summed E-state index contributed by atoms with van der Waals surface area (Å²) in [6.07, 6.45) is 2.56. The van der Waals surface area contributed by atoms with Crippen LogP contribution in [-0.2, 0) is 9.53 Å². The van der Waals surface area contributed by atoms with Crippen LogP contribution >= 0.6 is 0 Å². The topological polar surface area (TPSA) is 61.9 Å². The van der Waals surface area contributed by atoms with Crippen LogP contribution < -0.4 is 5.32 Å². The molecule has 0 aliphatic carbocycles. The Morgan fingerprint density at radius 1 is 1.15 bits per heavy atom. The Labute approximate surface area is 161 Å². The second-order valence-electron chi connectivity index (χ2n) is 7.34. The summed E-state index contributed by atoms with van der Waals surface area (Å²) in [5, 5.41) is 3.14. The SMILES string of the molecule is CCN(CC)C(=O)[C@@H]1C[C@H](NC(=O)c2ccccc2)CN1C1CCOCC1. The van der Waals surface area contributed by atoms with E-state index in [0.717, 1.165) is 32.6 Å². The van der Waals surface area contributed by atoms with E-state index in [-0.39, 0.29) is 23.9 Å². The molecule has 2 amide bonds. The zero-order valence-corrected chi connectivity index (χ0v) is 16.4. The summed E-state index contributed by atoms with van der Waals surface area (Å²) in [5.41, 5.74) is 0.661. The van der Waals surface area contributed by atoms with E-state index in [1.165, 1.54) is 0 Å². The Morgan fingerprint density at radius 2 is 1.81 bits per heavy atom. The van der Waals surface area contributed by atoms with E-state index < -0.39 is 0 Å². The normalized spacial score (nSPS) is 23.9. The lowest BCUT2D eigenvalue weighted by molar-refractivity contribution is -0.137. The van der Waals surface area contributed by atoms with Crippen LogP contribution in [0, 0.1) is 0 Å². The first kappa shape index (κ1) is 19.8. The Balaban J connectivity index is 1.72. The van der Waals surface area contributed by atoms with Crippen molar-refractivity contribution in [1.82, 2.24) is 15.1 Å².